The molecule has 0 aliphatic rings. The van der Waals surface area contributed by atoms with Crippen molar-refractivity contribution < 1.29 is 49.3 Å². The molecule has 1 aromatic rings. The molecule has 0 aliphatic carbocycles. The normalized spacial score (nSPS) is 11.8. The second-order valence-electron chi connectivity index (χ2n) is 4.95. The first-order chi connectivity index (χ1) is 7.70. The maximum atomic E-state index is 11.8. The molecular formula is C13H22BNaO4. The summed E-state index contributed by atoms with van der Waals surface area (Å²) in [5.41, 5.74) is 0.0574. The molecule has 1 aromatic carbocycles. The summed E-state index contributed by atoms with van der Waals surface area (Å²) in [6.45, 7) is 6.86. The molecule has 1 atom stereocenters. The van der Waals surface area contributed by atoms with Crippen LogP contribution >= 0.6 is 0 Å². The van der Waals surface area contributed by atoms with Gasteiger partial charge >= 0.3 is 35.5 Å². The summed E-state index contributed by atoms with van der Waals surface area (Å²) in [4.78, 5) is 11.8. The number of hydrogen-bond acceptors (Lipinski definition) is 4. The molecule has 0 aromatic heterocycles. The monoisotopic (exact) mass is 276 g/mol. The zero-order valence-corrected chi connectivity index (χ0v) is 13.5. The predicted octanol–water partition coefficient (Wildman–Crippen LogP) is -2.05. The van der Waals surface area contributed by atoms with Gasteiger partial charge in [0, 0.05) is 5.56 Å². The summed E-state index contributed by atoms with van der Waals surface area (Å²) < 4.78 is 5.20. The number of aromatic hydroxyl groups is 1. The fourth-order valence-electron chi connectivity index (χ4n) is 1.35. The Morgan fingerprint density at radius 1 is 1.32 bits per heavy atom. The summed E-state index contributed by atoms with van der Waals surface area (Å²) in [6.07, 6.45) is -0.836. The van der Waals surface area contributed by atoms with Gasteiger partial charge < -0.3 is 14.9 Å². The van der Waals surface area contributed by atoms with Gasteiger partial charge in [0.15, 0.2) is 0 Å². The molecule has 0 heterocycles. The molecule has 1 rings (SSSR count). The summed E-state index contributed by atoms with van der Waals surface area (Å²) in [6, 6.07) is 4.28. The molecule has 0 fully saturated rings. The van der Waals surface area contributed by atoms with E-state index in [0.29, 0.717) is 11.1 Å². The van der Waals surface area contributed by atoms with Crippen LogP contribution in [-0.4, -0.2) is 30.2 Å². The van der Waals surface area contributed by atoms with E-state index in [0.717, 1.165) is 0 Å². The van der Waals surface area contributed by atoms with E-state index in [4.69, 9.17) is 4.74 Å². The van der Waals surface area contributed by atoms with Crippen molar-refractivity contribution in [3.8, 4) is 5.75 Å². The van der Waals surface area contributed by atoms with Crippen LogP contribution in [0.25, 0.3) is 0 Å². The Kier molecular flexibility index (Phi) is 8.71. The zero-order valence-electron chi connectivity index (χ0n) is 11.5. The van der Waals surface area contributed by atoms with Crippen LogP contribution in [0.15, 0.2) is 18.2 Å². The number of aliphatic hydroxyl groups is 1. The summed E-state index contributed by atoms with van der Waals surface area (Å²) in [7, 11) is 0. The number of aliphatic hydroxyl groups excluding tert-OH is 1. The fraction of sp³-hybridized carbons (Fsp3) is 0.462. The number of benzene rings is 1. The first kappa shape index (κ1) is 20.8. The summed E-state index contributed by atoms with van der Waals surface area (Å²) >= 11 is 0. The predicted molar refractivity (Wildman–Crippen MR) is 75.2 cm³/mol. The van der Waals surface area contributed by atoms with Crippen LogP contribution < -0.4 is 29.6 Å². The minimum Gasteiger partial charge on any atom is -0.508 e. The smallest absolute Gasteiger partial charge is 0.508 e. The quantitative estimate of drug-likeness (QED) is 0.482. The molecule has 0 amide bonds. The molecule has 0 bridgehead atoms. The second kappa shape index (κ2) is 7.95. The van der Waals surface area contributed by atoms with Crippen molar-refractivity contribution in [1.82, 2.24) is 0 Å². The average molecular weight is 276 g/mol. The largest absolute Gasteiger partial charge is 1.00 e. The average Bonchev–Trinajstić information content (AvgIpc) is 2.14. The van der Waals surface area contributed by atoms with Crippen LogP contribution in [0.5, 0.6) is 5.75 Å². The number of phenols is 1. The van der Waals surface area contributed by atoms with Crippen LogP contribution in [0.4, 0.5) is 0 Å². The standard InChI is InChI=1S/C13H18O4.BH4.Na/c1-8(14)10-7-9(5-6-11(10)15)12(16)17-13(2,3)4;;/h5-8,14-15H,1-4H3;1H4;/q;-1;+1. The topological polar surface area (TPSA) is 66.8 Å². The van der Waals surface area contributed by atoms with Gasteiger partial charge in [0.25, 0.3) is 0 Å². The van der Waals surface area contributed by atoms with Crippen molar-refractivity contribution in [2.75, 3.05) is 0 Å². The second-order valence-corrected chi connectivity index (χ2v) is 4.95. The minimum atomic E-state index is -0.836. The van der Waals surface area contributed by atoms with Crippen molar-refractivity contribution in [2.45, 2.75) is 39.4 Å². The van der Waals surface area contributed by atoms with E-state index in [9.17, 15) is 15.0 Å². The maximum absolute atomic E-state index is 11.8. The third kappa shape index (κ3) is 6.48. The summed E-state index contributed by atoms with van der Waals surface area (Å²) in [5.74, 6) is -0.508. The van der Waals surface area contributed by atoms with E-state index in [2.05, 4.69) is 0 Å². The maximum Gasteiger partial charge on any atom is 1.00 e. The van der Waals surface area contributed by atoms with E-state index in [1.54, 1.807) is 20.8 Å². The number of carbonyl (C=O) groups is 1. The molecule has 4 nitrogen and oxygen atoms in total. The molecule has 1 unspecified atom stereocenters. The molecule has 0 aliphatic heterocycles. The van der Waals surface area contributed by atoms with Gasteiger partial charge in [-0.3, -0.25) is 0 Å². The van der Waals surface area contributed by atoms with Crippen molar-refractivity contribution >= 4 is 14.4 Å². The van der Waals surface area contributed by atoms with E-state index >= 15 is 0 Å². The Morgan fingerprint density at radius 3 is 2.26 bits per heavy atom. The fourth-order valence-corrected chi connectivity index (χ4v) is 1.35. The number of hydrogen-bond donors (Lipinski definition) is 2. The Balaban J connectivity index is 0. The van der Waals surface area contributed by atoms with Gasteiger partial charge in [-0.25, -0.2) is 4.79 Å². The Bertz CT molecular complexity index is 427. The van der Waals surface area contributed by atoms with Gasteiger partial charge in [-0.05, 0) is 45.9 Å². The van der Waals surface area contributed by atoms with Gasteiger partial charge in [-0.15, -0.1) is 0 Å². The van der Waals surface area contributed by atoms with Crippen LogP contribution in [0.3, 0.4) is 0 Å². The number of rotatable bonds is 2. The third-order valence-corrected chi connectivity index (χ3v) is 2.11. The van der Waals surface area contributed by atoms with E-state index in [1.807, 2.05) is 0 Å². The molecule has 102 valence electrons. The van der Waals surface area contributed by atoms with Crippen molar-refractivity contribution in [3.05, 3.63) is 29.3 Å². The van der Waals surface area contributed by atoms with E-state index in [-0.39, 0.29) is 43.7 Å². The van der Waals surface area contributed by atoms with Gasteiger partial charge in [-0.1, -0.05) is 8.41 Å². The number of esters is 1. The van der Waals surface area contributed by atoms with Crippen molar-refractivity contribution in [3.63, 3.8) is 0 Å². The van der Waals surface area contributed by atoms with E-state index in [1.165, 1.54) is 25.1 Å². The molecule has 19 heavy (non-hydrogen) atoms. The van der Waals surface area contributed by atoms with Gasteiger partial charge in [0.05, 0.1) is 11.7 Å². The molecule has 0 spiro atoms. The van der Waals surface area contributed by atoms with Crippen LogP contribution in [0.1, 0.15) is 49.7 Å². The van der Waals surface area contributed by atoms with Crippen LogP contribution in [-0.2, 0) is 4.74 Å². The van der Waals surface area contributed by atoms with Crippen LogP contribution in [0.2, 0.25) is 0 Å². The molecule has 0 saturated heterocycles. The van der Waals surface area contributed by atoms with Crippen LogP contribution in [0, 0.1) is 0 Å². The SMILES string of the molecule is CC(O)c1cc(C(=O)OC(C)(C)C)ccc1O.[BH4-].[Na+]. The van der Waals surface area contributed by atoms with Crippen molar-refractivity contribution in [1.29, 1.82) is 0 Å². The molecular weight excluding hydrogens is 254 g/mol. The molecule has 0 radical (unpaired) electrons. The molecule has 2 N–H and O–H groups in total. The van der Waals surface area contributed by atoms with Crippen molar-refractivity contribution in [2.24, 2.45) is 0 Å². The Morgan fingerprint density at radius 2 is 1.84 bits per heavy atom. The zero-order chi connectivity index (χ0) is 13.2. The van der Waals surface area contributed by atoms with Gasteiger partial charge in [0.2, 0.25) is 0 Å². The van der Waals surface area contributed by atoms with Gasteiger partial charge in [0.1, 0.15) is 11.4 Å². The number of carbonyl (C=O) groups excluding carboxylic acids is 1. The Labute approximate surface area is 138 Å². The minimum absolute atomic E-state index is 0. The molecule has 0 saturated carbocycles. The van der Waals surface area contributed by atoms with Gasteiger partial charge in [-0.2, -0.15) is 0 Å². The Hall–Kier alpha value is -0.485. The first-order valence-corrected chi connectivity index (χ1v) is 5.45. The van der Waals surface area contributed by atoms with E-state index < -0.39 is 17.7 Å². The number of phenolic OH excluding ortho intramolecular Hbond substituents is 1. The summed E-state index contributed by atoms with van der Waals surface area (Å²) in [5, 5.41) is 18.9. The third-order valence-electron chi connectivity index (χ3n) is 2.11. The number of ether oxygens (including phenoxy) is 1. The molecule has 6 heteroatoms. The first-order valence-electron chi connectivity index (χ1n) is 5.45.